The van der Waals surface area contributed by atoms with E-state index in [1.165, 1.54) is 30.3 Å². The Morgan fingerprint density at radius 3 is 2.83 bits per heavy atom. The lowest BCUT2D eigenvalue weighted by Gasteiger charge is -2.20. The van der Waals surface area contributed by atoms with Crippen molar-refractivity contribution in [2.45, 2.75) is 38.8 Å². The van der Waals surface area contributed by atoms with Gasteiger partial charge in [-0.1, -0.05) is 18.2 Å². The van der Waals surface area contributed by atoms with Gasteiger partial charge < -0.3 is 9.47 Å². The summed E-state index contributed by atoms with van der Waals surface area (Å²) in [5, 5.41) is 1.47. The zero-order valence-corrected chi connectivity index (χ0v) is 11.6. The molecule has 0 spiro atoms. The van der Waals surface area contributed by atoms with Gasteiger partial charge in [-0.15, -0.1) is 0 Å². The molecule has 18 heavy (non-hydrogen) atoms. The summed E-state index contributed by atoms with van der Waals surface area (Å²) in [4.78, 5) is 2.31. The molecule has 0 radical (unpaired) electrons. The summed E-state index contributed by atoms with van der Waals surface area (Å²) in [6.07, 6.45) is 3.73. The molecule has 0 fully saturated rings. The summed E-state index contributed by atoms with van der Waals surface area (Å²) in [7, 11) is 4.34. The van der Waals surface area contributed by atoms with Crippen LogP contribution in [0.2, 0.25) is 0 Å². The number of benzene rings is 1. The van der Waals surface area contributed by atoms with Crippen LogP contribution >= 0.6 is 0 Å². The maximum atomic E-state index is 2.53. The molecule has 0 saturated carbocycles. The Morgan fingerprint density at radius 1 is 1.28 bits per heavy atom. The molecule has 0 saturated heterocycles. The van der Waals surface area contributed by atoms with Gasteiger partial charge >= 0.3 is 0 Å². The van der Waals surface area contributed by atoms with E-state index in [1.54, 1.807) is 11.3 Å². The van der Waals surface area contributed by atoms with E-state index in [1.807, 2.05) is 0 Å². The van der Waals surface area contributed by atoms with E-state index >= 15 is 0 Å². The first-order valence-electron chi connectivity index (χ1n) is 6.94. The molecule has 1 aromatic heterocycles. The largest absolute Gasteiger partial charge is 0.344 e. The van der Waals surface area contributed by atoms with E-state index < -0.39 is 0 Å². The molecule has 0 amide bonds. The average molecular weight is 242 g/mol. The number of aromatic nitrogens is 1. The molecule has 1 aliphatic rings. The average Bonchev–Trinajstić information content (AvgIpc) is 2.92. The van der Waals surface area contributed by atoms with Gasteiger partial charge in [0.05, 0.1) is 0 Å². The van der Waals surface area contributed by atoms with Gasteiger partial charge in [0.1, 0.15) is 0 Å². The van der Waals surface area contributed by atoms with E-state index in [2.05, 4.69) is 54.8 Å². The van der Waals surface area contributed by atoms with Gasteiger partial charge in [0.25, 0.3) is 0 Å². The third-order valence-corrected chi connectivity index (χ3v) is 4.37. The Bertz CT molecular complexity index is 566. The highest BCUT2D eigenvalue weighted by Crippen LogP contribution is 2.32. The lowest BCUT2D eigenvalue weighted by molar-refractivity contribution is 0.312. The highest BCUT2D eigenvalue weighted by Gasteiger charge is 2.22. The lowest BCUT2D eigenvalue weighted by Crippen LogP contribution is -2.26. The van der Waals surface area contributed by atoms with Crippen molar-refractivity contribution >= 4 is 10.9 Å². The SMILES string of the molecule is C[C@H](Cc1c2n(c3ccccc13)CCC2)N(C)C. The monoisotopic (exact) mass is 242 g/mol. The minimum atomic E-state index is 0.598. The molecule has 0 unspecified atom stereocenters. The number of hydrogen-bond acceptors (Lipinski definition) is 1. The van der Waals surface area contributed by atoms with Crippen molar-refractivity contribution in [1.82, 2.24) is 9.47 Å². The molecular weight excluding hydrogens is 220 g/mol. The third kappa shape index (κ3) is 1.76. The summed E-state index contributed by atoms with van der Waals surface area (Å²) in [6, 6.07) is 9.49. The number of rotatable bonds is 3. The number of likely N-dealkylation sites (N-methyl/N-ethyl adjacent to an activating group) is 1. The zero-order chi connectivity index (χ0) is 12.7. The Morgan fingerprint density at radius 2 is 2.06 bits per heavy atom. The van der Waals surface area contributed by atoms with E-state index in [4.69, 9.17) is 0 Å². The molecule has 1 atom stereocenters. The number of aryl methyl sites for hydroxylation is 1. The van der Waals surface area contributed by atoms with Crippen molar-refractivity contribution in [2.75, 3.05) is 14.1 Å². The van der Waals surface area contributed by atoms with Crippen LogP contribution in [-0.4, -0.2) is 29.6 Å². The van der Waals surface area contributed by atoms with Gasteiger partial charge in [0.15, 0.2) is 0 Å². The van der Waals surface area contributed by atoms with Crippen LogP contribution in [0.15, 0.2) is 24.3 Å². The number of hydrogen-bond donors (Lipinski definition) is 0. The molecular formula is C16H22N2. The van der Waals surface area contributed by atoms with Crippen molar-refractivity contribution < 1.29 is 0 Å². The normalized spacial score (nSPS) is 16.4. The summed E-state index contributed by atoms with van der Waals surface area (Å²) in [5.41, 5.74) is 4.61. The molecule has 2 heterocycles. The maximum Gasteiger partial charge on any atom is 0.0485 e. The second kappa shape index (κ2) is 4.43. The third-order valence-electron chi connectivity index (χ3n) is 4.37. The maximum absolute atomic E-state index is 2.53. The minimum Gasteiger partial charge on any atom is -0.344 e. The van der Waals surface area contributed by atoms with Gasteiger partial charge in [0.2, 0.25) is 0 Å². The van der Waals surface area contributed by atoms with Crippen LogP contribution in [0.3, 0.4) is 0 Å². The smallest absolute Gasteiger partial charge is 0.0485 e. The fraction of sp³-hybridized carbons (Fsp3) is 0.500. The van der Waals surface area contributed by atoms with E-state index in [-0.39, 0.29) is 0 Å². The van der Waals surface area contributed by atoms with Crippen LogP contribution in [0.1, 0.15) is 24.6 Å². The summed E-state index contributed by atoms with van der Waals surface area (Å²) >= 11 is 0. The quantitative estimate of drug-likeness (QED) is 0.803. The summed E-state index contributed by atoms with van der Waals surface area (Å²) < 4.78 is 2.53. The van der Waals surface area contributed by atoms with Crippen molar-refractivity contribution in [3.8, 4) is 0 Å². The topological polar surface area (TPSA) is 8.17 Å². The summed E-state index contributed by atoms with van der Waals surface area (Å²) in [6.45, 7) is 3.51. The molecule has 1 aromatic carbocycles. The van der Waals surface area contributed by atoms with Crippen LogP contribution < -0.4 is 0 Å². The lowest BCUT2D eigenvalue weighted by atomic mass is 10.0. The fourth-order valence-electron chi connectivity index (χ4n) is 3.08. The van der Waals surface area contributed by atoms with Crippen LogP contribution in [0.4, 0.5) is 0 Å². The minimum absolute atomic E-state index is 0.598. The second-order valence-corrected chi connectivity index (χ2v) is 5.71. The van der Waals surface area contributed by atoms with E-state index in [0.717, 1.165) is 6.42 Å². The van der Waals surface area contributed by atoms with E-state index in [9.17, 15) is 0 Å². The van der Waals surface area contributed by atoms with Gasteiger partial charge in [-0.3, -0.25) is 0 Å². The fourth-order valence-corrected chi connectivity index (χ4v) is 3.08. The number of nitrogens with zero attached hydrogens (tertiary/aromatic N) is 2. The molecule has 0 bridgehead atoms. The molecule has 2 nitrogen and oxygen atoms in total. The number of para-hydroxylation sites is 1. The first-order chi connectivity index (χ1) is 8.68. The predicted octanol–water partition coefficient (Wildman–Crippen LogP) is 3.08. The summed E-state index contributed by atoms with van der Waals surface area (Å²) in [5.74, 6) is 0. The van der Waals surface area contributed by atoms with Crippen LogP contribution in [-0.2, 0) is 19.4 Å². The van der Waals surface area contributed by atoms with Gasteiger partial charge in [-0.25, -0.2) is 0 Å². The zero-order valence-electron chi connectivity index (χ0n) is 11.6. The standard InChI is InChI=1S/C16H22N2/c1-12(17(2)3)11-14-13-7-4-5-8-15(13)18-10-6-9-16(14)18/h4-5,7-8,12H,6,9-11H2,1-3H3/t12-/m1/s1. The Balaban J connectivity index is 2.10. The van der Waals surface area contributed by atoms with Crippen molar-refractivity contribution in [3.05, 3.63) is 35.5 Å². The number of fused-ring (bicyclic) bond motifs is 3. The molecule has 0 aliphatic carbocycles. The van der Waals surface area contributed by atoms with Gasteiger partial charge in [0, 0.05) is 29.2 Å². The molecule has 0 N–H and O–H groups in total. The Hall–Kier alpha value is -1.28. The molecule has 1 aliphatic heterocycles. The van der Waals surface area contributed by atoms with Crippen LogP contribution in [0.25, 0.3) is 10.9 Å². The Kier molecular flexibility index (Phi) is 2.90. The van der Waals surface area contributed by atoms with Crippen molar-refractivity contribution in [2.24, 2.45) is 0 Å². The first-order valence-corrected chi connectivity index (χ1v) is 6.94. The van der Waals surface area contributed by atoms with E-state index in [0.29, 0.717) is 6.04 Å². The van der Waals surface area contributed by atoms with Crippen molar-refractivity contribution in [3.63, 3.8) is 0 Å². The van der Waals surface area contributed by atoms with Crippen molar-refractivity contribution in [1.29, 1.82) is 0 Å². The molecule has 96 valence electrons. The molecule has 2 aromatic rings. The highest BCUT2D eigenvalue weighted by atomic mass is 15.1. The Labute approximate surface area is 109 Å². The van der Waals surface area contributed by atoms with Gasteiger partial charge in [-0.2, -0.15) is 0 Å². The van der Waals surface area contributed by atoms with Crippen LogP contribution in [0.5, 0.6) is 0 Å². The van der Waals surface area contributed by atoms with Gasteiger partial charge in [-0.05, 0) is 51.9 Å². The second-order valence-electron chi connectivity index (χ2n) is 5.71. The highest BCUT2D eigenvalue weighted by molar-refractivity contribution is 5.86. The molecule has 3 rings (SSSR count). The molecule has 2 heteroatoms. The van der Waals surface area contributed by atoms with Crippen LogP contribution in [0, 0.1) is 0 Å². The first kappa shape index (κ1) is 11.8. The predicted molar refractivity (Wildman–Crippen MR) is 77.1 cm³/mol.